The molecule has 0 fully saturated rings. The summed E-state index contributed by atoms with van der Waals surface area (Å²) in [6, 6.07) is 12.0. The molecule has 2 aromatic carbocycles. The Morgan fingerprint density at radius 3 is 2.00 bits per heavy atom. The number of aromatic carboxylic acids is 1. The third-order valence-corrected chi connectivity index (χ3v) is 3.05. The van der Waals surface area contributed by atoms with E-state index in [2.05, 4.69) is 5.32 Å². The molecule has 2 aromatic rings. The molecule has 1 amide bonds. The molecule has 0 heterocycles. The molecular formula is C16H15NO3. The Morgan fingerprint density at radius 1 is 0.950 bits per heavy atom. The van der Waals surface area contributed by atoms with Crippen LogP contribution in [0, 0.1) is 13.8 Å². The number of hydrogen-bond acceptors (Lipinski definition) is 2. The molecule has 0 saturated carbocycles. The number of amides is 1. The first-order valence-electron chi connectivity index (χ1n) is 6.20. The summed E-state index contributed by atoms with van der Waals surface area (Å²) in [6.07, 6.45) is 0. The van der Waals surface area contributed by atoms with Crippen LogP contribution in [0.25, 0.3) is 0 Å². The molecular weight excluding hydrogens is 254 g/mol. The fourth-order valence-corrected chi connectivity index (χ4v) is 2.06. The van der Waals surface area contributed by atoms with Crippen LogP contribution < -0.4 is 5.32 Å². The zero-order valence-corrected chi connectivity index (χ0v) is 11.3. The van der Waals surface area contributed by atoms with E-state index in [0.717, 1.165) is 11.1 Å². The minimum absolute atomic E-state index is 0.208. The highest BCUT2D eigenvalue weighted by Crippen LogP contribution is 2.23. The van der Waals surface area contributed by atoms with Crippen molar-refractivity contribution in [2.24, 2.45) is 0 Å². The van der Waals surface area contributed by atoms with Gasteiger partial charge in [0.2, 0.25) is 0 Å². The highest BCUT2D eigenvalue weighted by molar-refractivity contribution is 6.05. The van der Waals surface area contributed by atoms with E-state index in [9.17, 15) is 9.59 Å². The summed E-state index contributed by atoms with van der Waals surface area (Å²) < 4.78 is 0. The number of anilines is 1. The van der Waals surface area contributed by atoms with Gasteiger partial charge in [-0.25, -0.2) is 4.79 Å². The molecule has 0 radical (unpaired) electrons. The van der Waals surface area contributed by atoms with Gasteiger partial charge in [-0.15, -0.1) is 0 Å². The van der Waals surface area contributed by atoms with Crippen molar-refractivity contribution >= 4 is 17.6 Å². The van der Waals surface area contributed by atoms with Crippen LogP contribution in [0.5, 0.6) is 0 Å². The van der Waals surface area contributed by atoms with Crippen molar-refractivity contribution in [3.05, 3.63) is 64.7 Å². The lowest BCUT2D eigenvalue weighted by Crippen LogP contribution is -2.14. The van der Waals surface area contributed by atoms with Gasteiger partial charge in [-0.2, -0.15) is 0 Å². The molecule has 4 nitrogen and oxygen atoms in total. The zero-order chi connectivity index (χ0) is 14.7. The molecule has 20 heavy (non-hydrogen) atoms. The van der Waals surface area contributed by atoms with Gasteiger partial charge in [-0.05, 0) is 49.2 Å². The Morgan fingerprint density at radius 2 is 1.50 bits per heavy atom. The lowest BCUT2D eigenvalue weighted by Gasteiger charge is -2.12. The van der Waals surface area contributed by atoms with Crippen LogP contribution in [0.2, 0.25) is 0 Å². The second-order valence-corrected chi connectivity index (χ2v) is 4.61. The summed E-state index contributed by atoms with van der Waals surface area (Å²) in [5.41, 5.74) is 2.90. The molecule has 0 spiro atoms. The molecule has 0 saturated heterocycles. The van der Waals surface area contributed by atoms with Crippen LogP contribution in [0.1, 0.15) is 31.8 Å². The van der Waals surface area contributed by atoms with Crippen molar-refractivity contribution in [1.29, 1.82) is 0 Å². The Labute approximate surface area is 117 Å². The average molecular weight is 269 g/mol. The molecule has 0 aromatic heterocycles. The number of benzene rings is 2. The van der Waals surface area contributed by atoms with Crippen molar-refractivity contribution < 1.29 is 14.7 Å². The Kier molecular flexibility index (Phi) is 3.84. The van der Waals surface area contributed by atoms with Crippen LogP contribution >= 0.6 is 0 Å². The summed E-state index contributed by atoms with van der Waals surface area (Å²) in [5, 5.41) is 11.8. The molecule has 0 aliphatic rings. The van der Waals surface area contributed by atoms with Crippen LogP contribution in [0.15, 0.2) is 42.5 Å². The highest BCUT2D eigenvalue weighted by Gasteiger charge is 2.12. The quantitative estimate of drug-likeness (QED) is 0.898. The Balaban J connectivity index is 2.31. The van der Waals surface area contributed by atoms with E-state index >= 15 is 0 Å². The van der Waals surface area contributed by atoms with Gasteiger partial charge < -0.3 is 10.4 Å². The number of carbonyl (C=O) groups excluding carboxylic acids is 1. The summed E-state index contributed by atoms with van der Waals surface area (Å²) in [4.78, 5) is 23.1. The Hall–Kier alpha value is -2.62. The van der Waals surface area contributed by atoms with Crippen molar-refractivity contribution in [2.75, 3.05) is 5.32 Å². The fraction of sp³-hybridized carbons (Fsp3) is 0.125. The predicted octanol–water partition coefficient (Wildman–Crippen LogP) is 3.25. The van der Waals surface area contributed by atoms with E-state index in [0.29, 0.717) is 11.3 Å². The summed E-state index contributed by atoms with van der Waals surface area (Å²) >= 11 is 0. The van der Waals surface area contributed by atoms with E-state index in [-0.39, 0.29) is 11.5 Å². The third-order valence-electron chi connectivity index (χ3n) is 3.05. The van der Waals surface area contributed by atoms with E-state index in [1.165, 1.54) is 0 Å². The number of carboxylic acids is 1. The third kappa shape index (κ3) is 2.85. The van der Waals surface area contributed by atoms with Crippen LogP contribution in [0.4, 0.5) is 5.69 Å². The molecule has 0 atom stereocenters. The summed E-state index contributed by atoms with van der Waals surface area (Å²) in [6.45, 7) is 3.56. The zero-order valence-electron chi connectivity index (χ0n) is 11.3. The largest absolute Gasteiger partial charge is 0.478 e. The smallest absolute Gasteiger partial charge is 0.335 e. The average Bonchev–Trinajstić information content (AvgIpc) is 2.43. The lowest BCUT2D eigenvalue weighted by atomic mass is 10.0. The first-order chi connectivity index (χ1) is 9.49. The monoisotopic (exact) mass is 269 g/mol. The van der Waals surface area contributed by atoms with E-state index in [1.54, 1.807) is 50.2 Å². The molecule has 0 aliphatic heterocycles. The van der Waals surface area contributed by atoms with Gasteiger partial charge in [0, 0.05) is 11.3 Å². The van der Waals surface area contributed by atoms with E-state index in [1.807, 2.05) is 6.07 Å². The molecule has 0 aliphatic carbocycles. The number of hydrogen-bond donors (Lipinski definition) is 2. The fourth-order valence-electron chi connectivity index (χ4n) is 2.06. The molecule has 102 valence electrons. The molecule has 4 heteroatoms. The van der Waals surface area contributed by atoms with E-state index < -0.39 is 5.97 Å². The highest BCUT2D eigenvalue weighted by atomic mass is 16.4. The normalized spacial score (nSPS) is 10.1. The topological polar surface area (TPSA) is 66.4 Å². The molecule has 2 rings (SSSR count). The minimum Gasteiger partial charge on any atom is -0.478 e. The standard InChI is InChI=1S/C16H15NO3/c1-10-8-13(16(19)20)9-11(2)14(10)17-15(18)12-6-4-3-5-7-12/h3-9H,1-2H3,(H,17,18)(H,19,20). The van der Waals surface area contributed by atoms with E-state index in [4.69, 9.17) is 5.11 Å². The van der Waals surface area contributed by atoms with Gasteiger partial charge in [0.1, 0.15) is 0 Å². The van der Waals surface area contributed by atoms with Gasteiger partial charge in [-0.3, -0.25) is 4.79 Å². The second-order valence-electron chi connectivity index (χ2n) is 4.61. The minimum atomic E-state index is -0.975. The van der Waals surface area contributed by atoms with Gasteiger partial charge in [0.15, 0.2) is 0 Å². The first kappa shape index (κ1) is 13.8. The second kappa shape index (κ2) is 5.57. The van der Waals surface area contributed by atoms with Crippen LogP contribution in [-0.2, 0) is 0 Å². The molecule has 0 unspecified atom stereocenters. The van der Waals surface area contributed by atoms with Crippen molar-refractivity contribution in [1.82, 2.24) is 0 Å². The lowest BCUT2D eigenvalue weighted by molar-refractivity contribution is 0.0696. The summed E-state index contributed by atoms with van der Waals surface area (Å²) in [7, 11) is 0. The Bertz CT molecular complexity index is 640. The number of nitrogens with one attached hydrogen (secondary N) is 1. The number of carbonyl (C=O) groups is 2. The predicted molar refractivity (Wildman–Crippen MR) is 77.3 cm³/mol. The molecule has 0 bridgehead atoms. The van der Waals surface area contributed by atoms with Crippen LogP contribution in [0.3, 0.4) is 0 Å². The number of carboxylic acid groups (broad SMARTS) is 1. The van der Waals surface area contributed by atoms with Crippen LogP contribution in [-0.4, -0.2) is 17.0 Å². The van der Waals surface area contributed by atoms with Crippen molar-refractivity contribution in [2.45, 2.75) is 13.8 Å². The summed E-state index contributed by atoms with van der Waals surface area (Å²) in [5.74, 6) is -1.18. The van der Waals surface area contributed by atoms with Gasteiger partial charge in [0.25, 0.3) is 5.91 Å². The van der Waals surface area contributed by atoms with Crippen molar-refractivity contribution in [3.63, 3.8) is 0 Å². The maximum Gasteiger partial charge on any atom is 0.335 e. The SMILES string of the molecule is Cc1cc(C(=O)O)cc(C)c1NC(=O)c1ccccc1. The number of aryl methyl sites for hydroxylation is 2. The van der Waals surface area contributed by atoms with Gasteiger partial charge in [0.05, 0.1) is 5.56 Å². The van der Waals surface area contributed by atoms with Gasteiger partial charge >= 0.3 is 5.97 Å². The first-order valence-corrected chi connectivity index (χ1v) is 6.20. The maximum absolute atomic E-state index is 12.1. The molecule has 2 N–H and O–H groups in total. The maximum atomic E-state index is 12.1. The number of rotatable bonds is 3. The van der Waals surface area contributed by atoms with Gasteiger partial charge in [-0.1, -0.05) is 18.2 Å². The van der Waals surface area contributed by atoms with Crippen molar-refractivity contribution in [3.8, 4) is 0 Å².